The highest BCUT2D eigenvalue weighted by Gasteiger charge is 2.23. The van der Waals surface area contributed by atoms with Crippen LogP contribution in [0.2, 0.25) is 0 Å². The topological polar surface area (TPSA) is 105 Å². The van der Waals surface area contributed by atoms with Crippen LogP contribution in [0.4, 0.5) is 11.4 Å². The molecule has 0 aromatic heterocycles. The number of nitrogens with two attached hydrogens (primary N) is 2. The molecule has 6 heteroatoms. The first-order chi connectivity index (χ1) is 15.9. The smallest absolute Gasteiger partial charge is 0.338 e. The van der Waals surface area contributed by atoms with Crippen LogP contribution in [0.3, 0.4) is 0 Å². The van der Waals surface area contributed by atoms with E-state index in [0.29, 0.717) is 28.4 Å². The molecule has 174 valence electrons. The summed E-state index contributed by atoms with van der Waals surface area (Å²) in [4.78, 5) is 24.5. The lowest BCUT2D eigenvalue weighted by molar-refractivity contribution is -0.138. The lowest BCUT2D eigenvalue weighted by atomic mass is 9.84. The molecule has 3 rings (SSSR count). The van der Waals surface area contributed by atoms with E-state index in [4.69, 9.17) is 20.9 Å². The molecule has 0 atom stereocenters. The van der Waals surface area contributed by atoms with Gasteiger partial charge in [0.2, 0.25) is 0 Å². The van der Waals surface area contributed by atoms with Gasteiger partial charge >= 0.3 is 11.9 Å². The van der Waals surface area contributed by atoms with Crippen molar-refractivity contribution in [1.29, 1.82) is 0 Å². The van der Waals surface area contributed by atoms with E-state index in [1.807, 2.05) is 6.08 Å². The van der Waals surface area contributed by atoms with E-state index in [1.54, 1.807) is 48.5 Å². The van der Waals surface area contributed by atoms with E-state index >= 15 is 0 Å². The van der Waals surface area contributed by atoms with Gasteiger partial charge < -0.3 is 20.9 Å². The van der Waals surface area contributed by atoms with Crippen LogP contribution in [-0.2, 0) is 20.9 Å². The third-order valence-corrected chi connectivity index (χ3v) is 5.94. The molecule has 6 nitrogen and oxygen atoms in total. The zero-order valence-corrected chi connectivity index (χ0v) is 18.9. The van der Waals surface area contributed by atoms with Crippen molar-refractivity contribution in [2.45, 2.75) is 51.2 Å². The fraction of sp³-hybridized carbons (Fsp3) is 0.333. The van der Waals surface area contributed by atoms with Gasteiger partial charge in [-0.25, -0.2) is 9.59 Å². The maximum absolute atomic E-state index is 12.5. The van der Waals surface area contributed by atoms with Gasteiger partial charge in [-0.05, 0) is 86.4 Å². The zero-order valence-electron chi connectivity index (χ0n) is 18.9. The largest absolute Gasteiger partial charge is 0.459 e. The molecule has 0 radical (unpaired) electrons. The normalized spacial score (nSPS) is 18.1. The maximum Gasteiger partial charge on any atom is 0.338 e. The minimum Gasteiger partial charge on any atom is -0.459 e. The Labute approximate surface area is 195 Å². The van der Waals surface area contributed by atoms with Gasteiger partial charge in [0, 0.05) is 23.0 Å². The number of hydrogen-bond donors (Lipinski definition) is 2. The second kappa shape index (κ2) is 11.9. The number of nitrogen functional groups attached to an aromatic ring is 2. The molecule has 33 heavy (non-hydrogen) atoms. The molecule has 4 N–H and O–H groups in total. The Morgan fingerprint density at radius 3 is 2.45 bits per heavy atom. The van der Waals surface area contributed by atoms with Crippen LogP contribution < -0.4 is 11.5 Å². The number of carbonyl (C=O) groups is 2. The number of benzene rings is 2. The Morgan fingerprint density at radius 1 is 1.03 bits per heavy atom. The van der Waals surface area contributed by atoms with Gasteiger partial charge in [0.05, 0.1) is 5.56 Å². The van der Waals surface area contributed by atoms with E-state index in [-0.39, 0.29) is 18.7 Å². The molecule has 0 bridgehead atoms. The van der Waals surface area contributed by atoms with E-state index in [1.165, 1.54) is 12.5 Å². The number of ether oxygens (including phenoxy) is 2. The van der Waals surface area contributed by atoms with Crippen LogP contribution in [0, 0.1) is 5.92 Å². The molecule has 2 aromatic carbocycles. The summed E-state index contributed by atoms with van der Waals surface area (Å²) in [6.45, 7) is 3.82. The molecule has 1 fully saturated rings. The summed E-state index contributed by atoms with van der Waals surface area (Å²) in [6.07, 6.45) is 11.1. The highest BCUT2D eigenvalue weighted by atomic mass is 16.5. The van der Waals surface area contributed by atoms with Crippen LogP contribution in [0.1, 0.15) is 60.0 Å². The molecule has 0 amide bonds. The summed E-state index contributed by atoms with van der Waals surface area (Å²) < 4.78 is 10.9. The van der Waals surface area contributed by atoms with Crippen molar-refractivity contribution in [2.24, 2.45) is 5.92 Å². The summed E-state index contributed by atoms with van der Waals surface area (Å²) in [7, 11) is 0. The van der Waals surface area contributed by atoms with E-state index in [9.17, 15) is 9.59 Å². The first kappa shape index (κ1) is 24.1. The molecule has 1 saturated carbocycles. The fourth-order valence-electron chi connectivity index (χ4n) is 3.95. The predicted molar refractivity (Wildman–Crippen MR) is 131 cm³/mol. The summed E-state index contributed by atoms with van der Waals surface area (Å²) in [5.41, 5.74) is 14.6. The molecule has 0 unspecified atom stereocenters. The van der Waals surface area contributed by atoms with E-state index < -0.39 is 5.97 Å². The van der Waals surface area contributed by atoms with Gasteiger partial charge in [-0.3, -0.25) is 0 Å². The molecule has 1 aliphatic carbocycles. The van der Waals surface area contributed by atoms with Crippen molar-refractivity contribution in [3.8, 4) is 0 Å². The Hall–Kier alpha value is -3.54. The molecule has 0 heterocycles. The molecular weight excluding hydrogens is 416 g/mol. The number of anilines is 2. The summed E-state index contributed by atoms with van der Waals surface area (Å²) in [5.74, 6) is -0.0953. The molecule has 2 aromatic rings. The van der Waals surface area contributed by atoms with Gasteiger partial charge in [-0.1, -0.05) is 18.2 Å². The predicted octanol–water partition coefficient (Wildman–Crippen LogP) is 5.29. The summed E-state index contributed by atoms with van der Waals surface area (Å²) in [6, 6.07) is 12.0. The van der Waals surface area contributed by atoms with Crippen molar-refractivity contribution in [2.75, 3.05) is 11.5 Å². The van der Waals surface area contributed by atoms with E-state index in [0.717, 1.165) is 37.7 Å². The van der Waals surface area contributed by atoms with Gasteiger partial charge in [0.1, 0.15) is 12.7 Å². The summed E-state index contributed by atoms with van der Waals surface area (Å²) >= 11 is 0. The van der Waals surface area contributed by atoms with Crippen molar-refractivity contribution in [3.63, 3.8) is 0 Å². The third kappa shape index (κ3) is 7.52. The van der Waals surface area contributed by atoms with Crippen molar-refractivity contribution in [1.82, 2.24) is 0 Å². The van der Waals surface area contributed by atoms with Crippen LogP contribution >= 0.6 is 0 Å². The highest BCUT2D eigenvalue weighted by Crippen LogP contribution is 2.30. The molecule has 0 aliphatic heterocycles. The second-order valence-corrected chi connectivity index (χ2v) is 8.44. The average molecular weight is 449 g/mol. The quantitative estimate of drug-likeness (QED) is 0.234. The van der Waals surface area contributed by atoms with Gasteiger partial charge in [-0.15, -0.1) is 6.58 Å². The Balaban J connectivity index is 1.45. The van der Waals surface area contributed by atoms with Crippen LogP contribution in [0.5, 0.6) is 0 Å². The Kier molecular flexibility index (Phi) is 8.70. The molecule has 0 saturated heterocycles. The lowest BCUT2D eigenvalue weighted by Gasteiger charge is -2.28. The number of hydrogen-bond acceptors (Lipinski definition) is 6. The molecular formula is C27H32N2O4. The van der Waals surface area contributed by atoms with Gasteiger partial charge in [0.25, 0.3) is 0 Å². The van der Waals surface area contributed by atoms with Gasteiger partial charge in [0.15, 0.2) is 0 Å². The van der Waals surface area contributed by atoms with Crippen LogP contribution in [0.15, 0.2) is 61.2 Å². The zero-order chi connectivity index (χ0) is 23.6. The van der Waals surface area contributed by atoms with E-state index in [2.05, 4.69) is 6.58 Å². The SMILES string of the molecule is C=CCCC1CCC(OC(=O)c2ccc(C=CC(=O)OCc3cc(N)ccc3N)cc2)CC1. The molecule has 0 spiro atoms. The second-order valence-electron chi connectivity index (χ2n) is 8.44. The van der Waals surface area contributed by atoms with Gasteiger partial charge in [-0.2, -0.15) is 0 Å². The number of esters is 2. The number of rotatable bonds is 9. The van der Waals surface area contributed by atoms with Crippen molar-refractivity contribution < 1.29 is 19.1 Å². The first-order valence-electron chi connectivity index (χ1n) is 11.3. The fourth-order valence-corrected chi connectivity index (χ4v) is 3.95. The monoisotopic (exact) mass is 448 g/mol. The standard InChI is InChI=1S/C27H32N2O4/c1-2-3-4-19-7-13-24(14-8-19)33-27(31)21-10-5-20(6-11-21)9-16-26(30)32-18-22-17-23(28)12-15-25(22)29/h2,5-6,9-12,15-17,19,24H,1,3-4,7-8,13-14,18,28-29H2. The maximum atomic E-state index is 12.5. The Morgan fingerprint density at radius 2 is 1.76 bits per heavy atom. The van der Waals surface area contributed by atoms with Crippen LogP contribution in [0.25, 0.3) is 6.08 Å². The Bertz CT molecular complexity index is 990. The number of allylic oxidation sites excluding steroid dienone is 1. The summed E-state index contributed by atoms with van der Waals surface area (Å²) in [5, 5.41) is 0. The van der Waals surface area contributed by atoms with Crippen molar-refractivity contribution >= 4 is 29.4 Å². The molecule has 1 aliphatic rings. The van der Waals surface area contributed by atoms with Crippen molar-refractivity contribution in [3.05, 3.63) is 77.9 Å². The lowest BCUT2D eigenvalue weighted by Crippen LogP contribution is -2.24. The first-order valence-corrected chi connectivity index (χ1v) is 11.3. The average Bonchev–Trinajstić information content (AvgIpc) is 2.83. The number of carbonyl (C=O) groups excluding carboxylic acids is 2. The third-order valence-electron chi connectivity index (χ3n) is 5.94. The van der Waals surface area contributed by atoms with Crippen LogP contribution in [-0.4, -0.2) is 18.0 Å². The minimum absolute atomic E-state index is 0.0131. The highest BCUT2D eigenvalue weighted by molar-refractivity contribution is 5.90. The minimum atomic E-state index is -0.496.